The van der Waals surface area contributed by atoms with E-state index in [0.717, 1.165) is 11.1 Å². The summed E-state index contributed by atoms with van der Waals surface area (Å²) in [5, 5.41) is 30.2. The molecule has 148 valence electrons. The lowest BCUT2D eigenvalue weighted by Gasteiger charge is -2.13. The van der Waals surface area contributed by atoms with Gasteiger partial charge in [-0.2, -0.15) is 10.1 Å². The molecule has 3 aromatic rings. The number of hydrogen-bond acceptors (Lipinski definition) is 6. The normalized spacial score (nSPS) is 11.8. The van der Waals surface area contributed by atoms with E-state index < -0.39 is 0 Å². The van der Waals surface area contributed by atoms with Gasteiger partial charge in [-0.1, -0.05) is 24.3 Å². The van der Waals surface area contributed by atoms with Gasteiger partial charge in [0.25, 0.3) is 0 Å². The molecule has 1 N–H and O–H groups in total. The Morgan fingerprint density at radius 1 is 1.14 bits per heavy atom. The highest BCUT2D eigenvalue weighted by Gasteiger charge is 2.22. The Balaban J connectivity index is 1.76. The molecule has 0 saturated carbocycles. The number of rotatable bonds is 9. The molecule has 0 aliphatic carbocycles. The van der Waals surface area contributed by atoms with E-state index in [9.17, 15) is 9.18 Å². The van der Waals surface area contributed by atoms with Crippen molar-refractivity contribution in [2.75, 3.05) is 6.61 Å². The zero-order valence-electron chi connectivity index (χ0n) is 15.7. The summed E-state index contributed by atoms with van der Waals surface area (Å²) in [5.41, 5.74) is 2.25. The van der Waals surface area contributed by atoms with Crippen LogP contribution in [0.15, 0.2) is 48.5 Å². The molecule has 0 amide bonds. The number of tetrazole rings is 1. The van der Waals surface area contributed by atoms with Gasteiger partial charge in [0.05, 0.1) is 24.8 Å². The maximum absolute atomic E-state index is 13.1. The van der Waals surface area contributed by atoms with Crippen LogP contribution in [0.4, 0.5) is 4.39 Å². The number of aromatic nitrogens is 4. The molecule has 0 spiro atoms. The number of benzene rings is 2. The second kappa shape index (κ2) is 9.66. The molecule has 1 atom stereocenters. The van der Waals surface area contributed by atoms with E-state index in [-0.39, 0.29) is 43.5 Å². The van der Waals surface area contributed by atoms with Crippen molar-refractivity contribution >= 4 is 5.78 Å². The lowest BCUT2D eigenvalue weighted by atomic mass is 9.91. The highest BCUT2D eigenvalue weighted by molar-refractivity contribution is 5.81. The van der Waals surface area contributed by atoms with E-state index in [2.05, 4.69) is 21.5 Å². The van der Waals surface area contributed by atoms with Gasteiger partial charge >= 0.3 is 0 Å². The van der Waals surface area contributed by atoms with Crippen molar-refractivity contribution in [3.05, 3.63) is 76.9 Å². The van der Waals surface area contributed by atoms with Gasteiger partial charge in [-0.05, 0) is 47.0 Å². The Hall–Kier alpha value is -3.44. The number of carbonyl (C=O) groups excluding carboxylic acids is 1. The third-order valence-corrected chi connectivity index (χ3v) is 4.49. The van der Waals surface area contributed by atoms with E-state index in [4.69, 9.17) is 10.4 Å². The maximum atomic E-state index is 13.1. The third kappa shape index (κ3) is 5.77. The van der Waals surface area contributed by atoms with Crippen LogP contribution in [0, 0.1) is 17.1 Å². The molecule has 0 fully saturated rings. The Morgan fingerprint density at radius 2 is 1.83 bits per heavy atom. The zero-order valence-corrected chi connectivity index (χ0v) is 15.7. The van der Waals surface area contributed by atoms with E-state index in [1.165, 1.54) is 16.9 Å². The standard InChI is InChI=1S/C21H20FN5O2/c22-19-7-5-16(6-8-19)12-20(29)13-18(21-24-26-27(25-21)9-10-28)11-15-1-3-17(14-23)4-2-15/h1-8,18,28H,9-13H2/t18-/m1/s1. The maximum Gasteiger partial charge on any atom is 0.178 e. The van der Waals surface area contributed by atoms with Gasteiger partial charge in [0, 0.05) is 18.8 Å². The first-order chi connectivity index (χ1) is 14.1. The van der Waals surface area contributed by atoms with E-state index in [1.54, 1.807) is 24.3 Å². The average Bonchev–Trinajstić information content (AvgIpc) is 3.19. The number of ketones is 1. The van der Waals surface area contributed by atoms with Crippen LogP contribution in [0.3, 0.4) is 0 Å². The van der Waals surface area contributed by atoms with E-state index >= 15 is 0 Å². The summed E-state index contributed by atoms with van der Waals surface area (Å²) in [7, 11) is 0. The second-order valence-corrected chi connectivity index (χ2v) is 6.72. The van der Waals surface area contributed by atoms with Crippen molar-refractivity contribution in [1.82, 2.24) is 20.2 Å². The van der Waals surface area contributed by atoms with Gasteiger partial charge in [0.15, 0.2) is 5.82 Å². The Morgan fingerprint density at radius 3 is 2.48 bits per heavy atom. The largest absolute Gasteiger partial charge is 0.394 e. The fourth-order valence-corrected chi connectivity index (χ4v) is 3.03. The summed E-state index contributed by atoms with van der Waals surface area (Å²) < 4.78 is 13.1. The molecule has 0 aliphatic rings. The lowest BCUT2D eigenvalue weighted by molar-refractivity contribution is -0.118. The first kappa shape index (κ1) is 20.3. The molecule has 7 nitrogen and oxygen atoms in total. The van der Waals surface area contributed by atoms with Crippen LogP contribution in [-0.4, -0.2) is 37.7 Å². The molecule has 0 aliphatic heterocycles. The number of aliphatic hydroxyl groups excluding tert-OH is 1. The van der Waals surface area contributed by atoms with Gasteiger partial charge < -0.3 is 5.11 Å². The van der Waals surface area contributed by atoms with Gasteiger partial charge in [-0.3, -0.25) is 4.79 Å². The highest BCUT2D eigenvalue weighted by atomic mass is 19.1. The van der Waals surface area contributed by atoms with Crippen LogP contribution in [0.2, 0.25) is 0 Å². The molecule has 0 saturated heterocycles. The Labute approximate surface area is 167 Å². The first-order valence-electron chi connectivity index (χ1n) is 9.21. The average molecular weight is 393 g/mol. The Kier molecular flexibility index (Phi) is 6.76. The summed E-state index contributed by atoms with van der Waals surface area (Å²) in [6.07, 6.45) is 0.892. The quantitative estimate of drug-likeness (QED) is 0.598. The highest BCUT2D eigenvalue weighted by Crippen LogP contribution is 2.23. The minimum atomic E-state index is -0.343. The van der Waals surface area contributed by atoms with E-state index in [0.29, 0.717) is 17.8 Å². The van der Waals surface area contributed by atoms with Crippen molar-refractivity contribution in [3.8, 4) is 6.07 Å². The minimum absolute atomic E-state index is 0.0197. The fraction of sp³-hybridized carbons (Fsp3) is 0.286. The predicted octanol–water partition coefficient (Wildman–Crippen LogP) is 2.20. The van der Waals surface area contributed by atoms with Crippen molar-refractivity contribution in [2.45, 2.75) is 31.7 Å². The van der Waals surface area contributed by atoms with Gasteiger partial charge in [0.2, 0.25) is 0 Å². The van der Waals surface area contributed by atoms with Crippen LogP contribution in [-0.2, 0) is 24.2 Å². The fourth-order valence-electron chi connectivity index (χ4n) is 3.03. The smallest absolute Gasteiger partial charge is 0.178 e. The van der Waals surface area contributed by atoms with Crippen LogP contribution >= 0.6 is 0 Å². The van der Waals surface area contributed by atoms with Gasteiger partial charge in [0.1, 0.15) is 11.6 Å². The summed E-state index contributed by atoms with van der Waals surface area (Å²) >= 11 is 0. The third-order valence-electron chi connectivity index (χ3n) is 4.49. The Bertz CT molecular complexity index is 993. The number of nitriles is 1. The molecule has 1 aromatic heterocycles. The molecule has 8 heteroatoms. The summed E-state index contributed by atoms with van der Waals surface area (Å²) in [4.78, 5) is 13.9. The van der Waals surface area contributed by atoms with Gasteiger partial charge in [-0.25, -0.2) is 4.39 Å². The van der Waals surface area contributed by atoms with Crippen molar-refractivity contribution < 1.29 is 14.3 Å². The molecular weight excluding hydrogens is 373 g/mol. The van der Waals surface area contributed by atoms with E-state index in [1.807, 2.05) is 12.1 Å². The molecule has 29 heavy (non-hydrogen) atoms. The summed E-state index contributed by atoms with van der Waals surface area (Å²) in [6.45, 7) is 0.111. The predicted molar refractivity (Wildman–Crippen MR) is 102 cm³/mol. The van der Waals surface area contributed by atoms with Crippen LogP contribution in [0.5, 0.6) is 0 Å². The van der Waals surface area contributed by atoms with Gasteiger partial charge in [-0.15, -0.1) is 10.2 Å². The van der Waals surface area contributed by atoms with Crippen LogP contribution < -0.4 is 0 Å². The summed E-state index contributed by atoms with van der Waals surface area (Å²) in [5.74, 6) is -0.239. The number of nitrogens with zero attached hydrogens (tertiary/aromatic N) is 5. The molecule has 0 radical (unpaired) electrons. The van der Waals surface area contributed by atoms with Crippen molar-refractivity contribution in [2.24, 2.45) is 0 Å². The number of aliphatic hydroxyl groups is 1. The van der Waals surface area contributed by atoms with Crippen molar-refractivity contribution in [3.63, 3.8) is 0 Å². The zero-order chi connectivity index (χ0) is 20.6. The summed E-state index contributed by atoms with van der Waals surface area (Å²) in [6, 6.07) is 15.1. The number of halogens is 1. The number of hydrogen-bond donors (Lipinski definition) is 1. The van der Waals surface area contributed by atoms with Crippen LogP contribution in [0.25, 0.3) is 0 Å². The molecule has 1 heterocycles. The van der Waals surface area contributed by atoms with Crippen molar-refractivity contribution in [1.29, 1.82) is 5.26 Å². The number of carbonyl (C=O) groups is 1. The minimum Gasteiger partial charge on any atom is -0.394 e. The molecule has 2 aromatic carbocycles. The monoisotopic (exact) mass is 393 g/mol. The van der Waals surface area contributed by atoms with Crippen LogP contribution in [0.1, 0.15) is 34.9 Å². The molecule has 3 rings (SSSR count). The first-order valence-corrected chi connectivity index (χ1v) is 9.21. The SMILES string of the molecule is N#Cc1ccc(C[C@H](CC(=O)Cc2ccc(F)cc2)c2nnn(CCO)n2)cc1. The molecule has 0 unspecified atom stereocenters. The second-order valence-electron chi connectivity index (χ2n) is 6.72. The number of Topliss-reactive ketones (excluding diaryl/α,β-unsaturated/α-hetero) is 1. The topological polar surface area (TPSA) is 105 Å². The molecular formula is C21H20FN5O2. The lowest BCUT2D eigenvalue weighted by Crippen LogP contribution is -2.14. The molecule has 0 bridgehead atoms.